The van der Waals surface area contributed by atoms with Crippen LogP contribution in [0.1, 0.15) is 16.7 Å². The van der Waals surface area contributed by atoms with Gasteiger partial charge < -0.3 is 0 Å². The lowest BCUT2D eigenvalue weighted by Gasteiger charge is -1.93. The predicted octanol–water partition coefficient (Wildman–Crippen LogP) is 4.05. The van der Waals surface area contributed by atoms with Gasteiger partial charge in [-0.1, -0.05) is 41.6 Å². The minimum Gasteiger partial charge on any atom is -0.0843 e. The summed E-state index contributed by atoms with van der Waals surface area (Å²) in [6.45, 7) is 2.06. The standard InChI is InChI=1S/C15H11Cl/c1-12-4-2-5-13(10-12)8-9-14-6-3-7-15(16)11-14/h2-7,10-11H,1H3. The molecule has 0 heterocycles. The van der Waals surface area contributed by atoms with Gasteiger partial charge in [0.1, 0.15) is 0 Å². The third-order valence-electron chi connectivity index (χ3n) is 2.19. The van der Waals surface area contributed by atoms with Crippen LogP contribution in [0.5, 0.6) is 0 Å². The fraction of sp³-hybridized carbons (Fsp3) is 0.0667. The van der Waals surface area contributed by atoms with Crippen LogP contribution in [0.3, 0.4) is 0 Å². The average Bonchev–Trinajstić information content (AvgIpc) is 2.27. The van der Waals surface area contributed by atoms with Crippen molar-refractivity contribution in [3.05, 3.63) is 70.2 Å². The molecule has 0 aromatic heterocycles. The van der Waals surface area contributed by atoms with Crippen molar-refractivity contribution in [3.8, 4) is 11.8 Å². The van der Waals surface area contributed by atoms with Gasteiger partial charge in [-0.3, -0.25) is 0 Å². The summed E-state index contributed by atoms with van der Waals surface area (Å²) in [4.78, 5) is 0. The topological polar surface area (TPSA) is 0 Å². The van der Waals surface area contributed by atoms with Gasteiger partial charge in [0.15, 0.2) is 0 Å². The molecule has 0 unspecified atom stereocenters. The van der Waals surface area contributed by atoms with Crippen LogP contribution < -0.4 is 0 Å². The maximum atomic E-state index is 5.88. The first-order chi connectivity index (χ1) is 7.74. The Morgan fingerprint density at radius 3 is 2.12 bits per heavy atom. The zero-order valence-corrected chi connectivity index (χ0v) is 9.75. The van der Waals surface area contributed by atoms with Crippen molar-refractivity contribution in [2.24, 2.45) is 0 Å². The number of aryl methyl sites for hydroxylation is 1. The zero-order chi connectivity index (χ0) is 11.4. The molecule has 16 heavy (non-hydrogen) atoms. The first-order valence-electron chi connectivity index (χ1n) is 5.08. The predicted molar refractivity (Wildman–Crippen MR) is 68.6 cm³/mol. The molecule has 0 nitrogen and oxygen atoms in total. The summed E-state index contributed by atoms with van der Waals surface area (Å²) < 4.78 is 0. The molecule has 0 N–H and O–H groups in total. The quantitative estimate of drug-likeness (QED) is 0.595. The largest absolute Gasteiger partial charge is 0.0843 e. The highest BCUT2D eigenvalue weighted by Gasteiger charge is 1.89. The molecule has 0 aliphatic carbocycles. The molecule has 0 aliphatic rings. The van der Waals surface area contributed by atoms with Gasteiger partial charge >= 0.3 is 0 Å². The van der Waals surface area contributed by atoms with E-state index in [0.717, 1.165) is 16.1 Å². The van der Waals surface area contributed by atoms with Crippen LogP contribution in [0.15, 0.2) is 48.5 Å². The van der Waals surface area contributed by atoms with Crippen LogP contribution in [-0.4, -0.2) is 0 Å². The van der Waals surface area contributed by atoms with Crippen LogP contribution in [0, 0.1) is 18.8 Å². The second kappa shape index (κ2) is 4.88. The van der Waals surface area contributed by atoms with Crippen molar-refractivity contribution < 1.29 is 0 Å². The highest BCUT2D eigenvalue weighted by molar-refractivity contribution is 6.30. The number of rotatable bonds is 0. The number of hydrogen-bond acceptors (Lipinski definition) is 0. The molecule has 0 bridgehead atoms. The Balaban J connectivity index is 2.28. The second-order valence-electron chi connectivity index (χ2n) is 3.63. The van der Waals surface area contributed by atoms with E-state index in [2.05, 4.69) is 30.9 Å². The van der Waals surface area contributed by atoms with Crippen LogP contribution in [0.2, 0.25) is 5.02 Å². The van der Waals surface area contributed by atoms with Crippen LogP contribution in [0.25, 0.3) is 0 Å². The third kappa shape index (κ3) is 2.89. The van der Waals surface area contributed by atoms with E-state index in [-0.39, 0.29) is 0 Å². The minimum absolute atomic E-state index is 0.719. The molecule has 2 aromatic rings. The highest BCUT2D eigenvalue weighted by atomic mass is 35.5. The van der Waals surface area contributed by atoms with E-state index in [1.54, 1.807) is 0 Å². The summed E-state index contributed by atoms with van der Waals surface area (Å²) in [5.41, 5.74) is 3.19. The molecule has 2 rings (SSSR count). The minimum atomic E-state index is 0.719. The Hall–Kier alpha value is -1.71. The first kappa shape index (κ1) is 10.8. The van der Waals surface area contributed by atoms with Gasteiger partial charge in [0.2, 0.25) is 0 Å². The lowest BCUT2D eigenvalue weighted by molar-refractivity contribution is 1.45. The van der Waals surface area contributed by atoms with Crippen LogP contribution in [0.4, 0.5) is 0 Å². The molecule has 1 heteroatoms. The summed E-state index contributed by atoms with van der Waals surface area (Å²) in [7, 11) is 0. The van der Waals surface area contributed by atoms with Crippen molar-refractivity contribution in [3.63, 3.8) is 0 Å². The molecular weight excluding hydrogens is 216 g/mol. The molecule has 0 saturated heterocycles. The summed E-state index contributed by atoms with van der Waals surface area (Å²) in [6, 6.07) is 15.7. The second-order valence-corrected chi connectivity index (χ2v) is 4.07. The van der Waals surface area contributed by atoms with Gasteiger partial charge in [-0.15, -0.1) is 0 Å². The summed E-state index contributed by atoms with van der Waals surface area (Å²) in [5.74, 6) is 6.21. The van der Waals surface area contributed by atoms with E-state index in [1.165, 1.54) is 5.56 Å². The van der Waals surface area contributed by atoms with E-state index in [4.69, 9.17) is 11.6 Å². The smallest absolute Gasteiger partial charge is 0.0418 e. The maximum absolute atomic E-state index is 5.88. The SMILES string of the molecule is Cc1cccc(C#Cc2cccc(Cl)c2)c1. The summed E-state index contributed by atoms with van der Waals surface area (Å²) in [5, 5.41) is 0.719. The lowest BCUT2D eigenvalue weighted by atomic mass is 10.1. The van der Waals surface area contributed by atoms with Crippen molar-refractivity contribution in [2.45, 2.75) is 6.92 Å². The van der Waals surface area contributed by atoms with Crippen molar-refractivity contribution in [2.75, 3.05) is 0 Å². The Morgan fingerprint density at radius 2 is 1.50 bits per heavy atom. The number of halogens is 1. The molecule has 2 aromatic carbocycles. The van der Waals surface area contributed by atoms with Gasteiger partial charge in [0.05, 0.1) is 0 Å². The number of hydrogen-bond donors (Lipinski definition) is 0. The molecule has 0 spiro atoms. The Morgan fingerprint density at radius 1 is 0.875 bits per heavy atom. The molecule has 0 atom stereocenters. The van der Waals surface area contributed by atoms with Crippen molar-refractivity contribution in [1.82, 2.24) is 0 Å². The highest BCUT2D eigenvalue weighted by Crippen LogP contribution is 2.09. The van der Waals surface area contributed by atoms with Gasteiger partial charge in [-0.25, -0.2) is 0 Å². The van der Waals surface area contributed by atoms with Gasteiger partial charge in [-0.2, -0.15) is 0 Å². The van der Waals surface area contributed by atoms with Gasteiger partial charge in [-0.05, 0) is 42.8 Å². The summed E-state index contributed by atoms with van der Waals surface area (Å²) in [6.07, 6.45) is 0. The van der Waals surface area contributed by atoms with E-state index >= 15 is 0 Å². The molecule has 0 amide bonds. The Labute approximate surface area is 101 Å². The Bertz CT molecular complexity index is 509. The monoisotopic (exact) mass is 226 g/mol. The van der Waals surface area contributed by atoms with Gasteiger partial charge in [0, 0.05) is 16.1 Å². The van der Waals surface area contributed by atoms with Gasteiger partial charge in [0.25, 0.3) is 0 Å². The van der Waals surface area contributed by atoms with E-state index in [1.807, 2.05) is 36.4 Å². The van der Waals surface area contributed by atoms with E-state index < -0.39 is 0 Å². The molecule has 0 fully saturated rings. The fourth-order valence-corrected chi connectivity index (χ4v) is 1.62. The molecule has 78 valence electrons. The zero-order valence-electron chi connectivity index (χ0n) is 9.00. The van der Waals surface area contributed by atoms with Crippen LogP contribution >= 0.6 is 11.6 Å². The van der Waals surface area contributed by atoms with Crippen LogP contribution in [-0.2, 0) is 0 Å². The lowest BCUT2D eigenvalue weighted by Crippen LogP contribution is -1.77. The number of benzene rings is 2. The van der Waals surface area contributed by atoms with Crippen molar-refractivity contribution in [1.29, 1.82) is 0 Å². The molecular formula is C15H11Cl. The van der Waals surface area contributed by atoms with Crippen molar-refractivity contribution >= 4 is 11.6 Å². The summed E-state index contributed by atoms with van der Waals surface area (Å²) >= 11 is 5.88. The Kier molecular flexibility index (Phi) is 3.29. The molecule has 0 aliphatic heterocycles. The fourth-order valence-electron chi connectivity index (χ4n) is 1.43. The normalized spacial score (nSPS) is 9.38. The average molecular weight is 227 g/mol. The van der Waals surface area contributed by atoms with E-state index in [9.17, 15) is 0 Å². The van der Waals surface area contributed by atoms with E-state index in [0.29, 0.717) is 0 Å². The third-order valence-corrected chi connectivity index (χ3v) is 2.43. The first-order valence-corrected chi connectivity index (χ1v) is 5.46. The molecule has 0 saturated carbocycles. The maximum Gasteiger partial charge on any atom is 0.0418 e. The molecule has 0 radical (unpaired) electrons.